The second-order valence-electron chi connectivity index (χ2n) is 4.46. The Labute approximate surface area is 104 Å². The normalized spacial score (nSPS) is 17.9. The largest absolute Gasteiger partial charge is 0.385 e. The first-order chi connectivity index (χ1) is 8.20. The molecule has 17 heavy (non-hydrogen) atoms. The first kappa shape index (κ1) is 14.4. The standard InChI is InChI=1S/C12H25N3O2/c1-4-15(11-8-13-9-11)10(2)12(16)14-6-5-7-17-3/h10-11,13H,4-9H2,1-3H3,(H,14,16). The molecule has 0 aromatic heterocycles. The monoisotopic (exact) mass is 243 g/mol. The molecule has 1 aliphatic heterocycles. The molecule has 0 radical (unpaired) electrons. The topological polar surface area (TPSA) is 53.6 Å². The van der Waals surface area contributed by atoms with E-state index in [0.29, 0.717) is 19.2 Å². The van der Waals surface area contributed by atoms with Crippen molar-refractivity contribution >= 4 is 5.91 Å². The lowest BCUT2D eigenvalue weighted by Crippen LogP contribution is -2.61. The van der Waals surface area contributed by atoms with Crippen molar-refractivity contribution in [3.63, 3.8) is 0 Å². The highest BCUT2D eigenvalue weighted by Crippen LogP contribution is 2.09. The summed E-state index contributed by atoms with van der Waals surface area (Å²) >= 11 is 0. The minimum Gasteiger partial charge on any atom is -0.385 e. The Morgan fingerprint density at radius 2 is 2.29 bits per heavy atom. The van der Waals surface area contributed by atoms with Crippen molar-refractivity contribution in [1.82, 2.24) is 15.5 Å². The van der Waals surface area contributed by atoms with Gasteiger partial charge in [0.1, 0.15) is 0 Å². The molecule has 5 nitrogen and oxygen atoms in total. The quantitative estimate of drug-likeness (QED) is 0.581. The van der Waals surface area contributed by atoms with Gasteiger partial charge in [-0.15, -0.1) is 0 Å². The number of nitrogens with one attached hydrogen (secondary N) is 2. The molecule has 0 aromatic carbocycles. The molecule has 1 fully saturated rings. The van der Waals surface area contributed by atoms with Crippen LogP contribution in [0.15, 0.2) is 0 Å². The molecule has 100 valence electrons. The number of methoxy groups -OCH3 is 1. The second-order valence-corrected chi connectivity index (χ2v) is 4.46. The number of carbonyl (C=O) groups excluding carboxylic acids is 1. The van der Waals surface area contributed by atoms with Crippen LogP contribution in [0.1, 0.15) is 20.3 Å². The Morgan fingerprint density at radius 1 is 1.59 bits per heavy atom. The van der Waals surface area contributed by atoms with Crippen LogP contribution in [0, 0.1) is 0 Å². The highest BCUT2D eigenvalue weighted by Gasteiger charge is 2.30. The van der Waals surface area contributed by atoms with E-state index in [4.69, 9.17) is 4.74 Å². The maximum Gasteiger partial charge on any atom is 0.237 e. The van der Waals surface area contributed by atoms with E-state index in [9.17, 15) is 4.79 Å². The maximum atomic E-state index is 11.9. The molecule has 0 aromatic rings. The van der Waals surface area contributed by atoms with E-state index in [1.165, 1.54) is 0 Å². The highest BCUT2D eigenvalue weighted by molar-refractivity contribution is 5.81. The Bertz CT molecular complexity index is 232. The van der Waals surface area contributed by atoms with Crippen molar-refractivity contribution in [2.24, 2.45) is 0 Å². The van der Waals surface area contributed by atoms with Crippen molar-refractivity contribution in [3.8, 4) is 0 Å². The fourth-order valence-corrected chi connectivity index (χ4v) is 2.08. The number of likely N-dealkylation sites (N-methyl/N-ethyl adjacent to an activating group) is 1. The van der Waals surface area contributed by atoms with Crippen LogP contribution < -0.4 is 10.6 Å². The van der Waals surface area contributed by atoms with Crippen molar-refractivity contribution in [2.75, 3.05) is 39.9 Å². The third kappa shape index (κ3) is 4.26. The van der Waals surface area contributed by atoms with E-state index in [0.717, 1.165) is 26.1 Å². The van der Waals surface area contributed by atoms with Crippen molar-refractivity contribution in [2.45, 2.75) is 32.4 Å². The second kappa shape index (κ2) is 7.63. The fraction of sp³-hybridized carbons (Fsp3) is 0.917. The van der Waals surface area contributed by atoms with Gasteiger partial charge < -0.3 is 15.4 Å². The van der Waals surface area contributed by atoms with Crippen LogP contribution >= 0.6 is 0 Å². The van der Waals surface area contributed by atoms with Gasteiger partial charge in [0.2, 0.25) is 5.91 Å². The molecular formula is C12H25N3O2. The molecular weight excluding hydrogens is 218 g/mol. The zero-order chi connectivity index (χ0) is 12.7. The van der Waals surface area contributed by atoms with E-state index in [1.807, 2.05) is 6.92 Å². The number of ether oxygens (including phenoxy) is 1. The van der Waals surface area contributed by atoms with Gasteiger partial charge in [0.05, 0.1) is 6.04 Å². The Kier molecular flexibility index (Phi) is 6.47. The molecule has 1 atom stereocenters. The Hall–Kier alpha value is -0.650. The predicted octanol–water partition coefficient (Wildman–Crippen LogP) is -0.179. The number of nitrogens with zero attached hydrogens (tertiary/aromatic N) is 1. The average Bonchev–Trinajstić information content (AvgIpc) is 2.27. The van der Waals surface area contributed by atoms with Crippen LogP contribution in [0.5, 0.6) is 0 Å². The van der Waals surface area contributed by atoms with E-state index in [-0.39, 0.29) is 11.9 Å². The van der Waals surface area contributed by atoms with Crippen molar-refractivity contribution < 1.29 is 9.53 Å². The number of rotatable bonds is 8. The minimum absolute atomic E-state index is 0.0466. The van der Waals surface area contributed by atoms with Crippen LogP contribution in [0.2, 0.25) is 0 Å². The zero-order valence-corrected chi connectivity index (χ0v) is 11.2. The summed E-state index contributed by atoms with van der Waals surface area (Å²) < 4.78 is 4.95. The molecule has 2 N–H and O–H groups in total. The molecule has 1 rings (SSSR count). The molecule has 1 aliphatic rings. The summed E-state index contributed by atoms with van der Waals surface area (Å²) in [6, 6.07) is 0.467. The first-order valence-corrected chi connectivity index (χ1v) is 6.43. The lowest BCUT2D eigenvalue weighted by atomic mass is 10.1. The number of carbonyl (C=O) groups is 1. The summed E-state index contributed by atoms with van der Waals surface area (Å²) in [5.41, 5.74) is 0. The van der Waals surface area contributed by atoms with Gasteiger partial charge in [-0.2, -0.15) is 0 Å². The van der Waals surface area contributed by atoms with Crippen LogP contribution in [-0.4, -0.2) is 62.8 Å². The summed E-state index contributed by atoms with van der Waals surface area (Å²) in [4.78, 5) is 14.2. The molecule has 0 saturated carbocycles. The molecule has 1 amide bonds. The van der Waals surface area contributed by atoms with Crippen LogP contribution in [0.25, 0.3) is 0 Å². The molecule has 0 spiro atoms. The van der Waals surface area contributed by atoms with Gasteiger partial charge in [-0.1, -0.05) is 6.92 Å². The van der Waals surface area contributed by atoms with Crippen molar-refractivity contribution in [1.29, 1.82) is 0 Å². The lowest BCUT2D eigenvalue weighted by Gasteiger charge is -2.40. The number of hydrogen-bond acceptors (Lipinski definition) is 4. The summed E-state index contributed by atoms with van der Waals surface area (Å²) in [7, 11) is 1.67. The lowest BCUT2D eigenvalue weighted by molar-refractivity contribution is -0.127. The van der Waals surface area contributed by atoms with E-state index in [1.54, 1.807) is 7.11 Å². The molecule has 1 saturated heterocycles. The number of amides is 1. The maximum absolute atomic E-state index is 11.9. The molecule has 0 aliphatic carbocycles. The summed E-state index contributed by atoms with van der Waals surface area (Å²) in [6.45, 7) is 8.37. The smallest absolute Gasteiger partial charge is 0.237 e. The Balaban J connectivity index is 2.28. The average molecular weight is 243 g/mol. The van der Waals surface area contributed by atoms with Gasteiger partial charge in [0.15, 0.2) is 0 Å². The summed E-state index contributed by atoms with van der Waals surface area (Å²) in [5.74, 6) is 0.120. The third-order valence-corrected chi connectivity index (χ3v) is 3.30. The molecule has 0 bridgehead atoms. The van der Waals surface area contributed by atoms with Crippen molar-refractivity contribution in [3.05, 3.63) is 0 Å². The Morgan fingerprint density at radius 3 is 2.76 bits per heavy atom. The minimum atomic E-state index is -0.0466. The third-order valence-electron chi connectivity index (χ3n) is 3.30. The van der Waals surface area contributed by atoms with Gasteiger partial charge in [-0.05, 0) is 19.9 Å². The van der Waals surface area contributed by atoms with Crippen LogP contribution in [0.4, 0.5) is 0 Å². The predicted molar refractivity (Wildman–Crippen MR) is 68.0 cm³/mol. The molecule has 5 heteroatoms. The fourth-order valence-electron chi connectivity index (χ4n) is 2.08. The van der Waals surface area contributed by atoms with Gasteiger partial charge in [0, 0.05) is 39.4 Å². The van der Waals surface area contributed by atoms with E-state index >= 15 is 0 Å². The van der Waals surface area contributed by atoms with E-state index < -0.39 is 0 Å². The van der Waals surface area contributed by atoms with Crippen LogP contribution in [-0.2, 0) is 9.53 Å². The van der Waals surface area contributed by atoms with Crippen LogP contribution in [0.3, 0.4) is 0 Å². The van der Waals surface area contributed by atoms with E-state index in [2.05, 4.69) is 22.5 Å². The molecule has 1 heterocycles. The number of hydrogen-bond donors (Lipinski definition) is 2. The zero-order valence-electron chi connectivity index (χ0n) is 11.2. The first-order valence-electron chi connectivity index (χ1n) is 6.43. The van der Waals surface area contributed by atoms with Gasteiger partial charge in [-0.3, -0.25) is 9.69 Å². The van der Waals surface area contributed by atoms with Gasteiger partial charge in [-0.25, -0.2) is 0 Å². The summed E-state index contributed by atoms with van der Waals surface area (Å²) in [5, 5.41) is 6.19. The highest BCUT2D eigenvalue weighted by atomic mass is 16.5. The van der Waals surface area contributed by atoms with Gasteiger partial charge >= 0.3 is 0 Å². The summed E-state index contributed by atoms with van der Waals surface area (Å²) in [6.07, 6.45) is 0.867. The SMILES string of the molecule is CCN(C1CNC1)C(C)C(=O)NCCCOC. The van der Waals surface area contributed by atoms with Gasteiger partial charge in [0.25, 0.3) is 0 Å². The molecule has 1 unspecified atom stereocenters.